The van der Waals surface area contributed by atoms with E-state index in [0.717, 1.165) is 11.1 Å². The second-order valence-electron chi connectivity index (χ2n) is 3.83. The van der Waals surface area contributed by atoms with Gasteiger partial charge in [-0.1, -0.05) is 34.1 Å². The molecule has 1 atom stereocenters. The van der Waals surface area contributed by atoms with Gasteiger partial charge in [0, 0.05) is 11.6 Å². The van der Waals surface area contributed by atoms with Crippen molar-refractivity contribution in [3.8, 4) is 0 Å². The van der Waals surface area contributed by atoms with Crippen molar-refractivity contribution in [3.05, 3.63) is 69.7 Å². The molecule has 0 bridgehead atoms. The fourth-order valence-electron chi connectivity index (χ4n) is 1.79. The van der Waals surface area contributed by atoms with Crippen molar-refractivity contribution in [1.82, 2.24) is 0 Å². The maximum atomic E-state index is 13.0. The molecule has 0 saturated carbocycles. The third kappa shape index (κ3) is 2.76. The van der Waals surface area contributed by atoms with Crippen LogP contribution in [0, 0.1) is 11.6 Å². The van der Waals surface area contributed by atoms with Gasteiger partial charge in [-0.15, -0.1) is 0 Å². The summed E-state index contributed by atoms with van der Waals surface area (Å²) >= 11 is 3.31. The highest BCUT2D eigenvalue weighted by molar-refractivity contribution is 9.10. The van der Waals surface area contributed by atoms with Gasteiger partial charge in [0.15, 0.2) is 0 Å². The Bertz CT molecular complexity index is 540. The lowest BCUT2D eigenvalue weighted by Gasteiger charge is -2.17. The Morgan fingerprint density at radius 1 is 1.00 bits per heavy atom. The van der Waals surface area contributed by atoms with E-state index in [1.54, 1.807) is 25.3 Å². The largest absolute Gasteiger partial charge is 0.372 e. The zero-order valence-corrected chi connectivity index (χ0v) is 11.2. The molecule has 2 rings (SSSR count). The molecule has 18 heavy (non-hydrogen) atoms. The molecule has 0 unspecified atom stereocenters. The molecule has 0 radical (unpaired) electrons. The minimum absolute atomic E-state index is 0.299. The lowest BCUT2D eigenvalue weighted by molar-refractivity contribution is 0.136. The summed E-state index contributed by atoms with van der Waals surface area (Å²) in [6, 6.07) is 10.5. The van der Waals surface area contributed by atoms with Crippen molar-refractivity contribution in [1.29, 1.82) is 0 Å². The van der Waals surface area contributed by atoms with Crippen LogP contribution < -0.4 is 0 Å². The quantitative estimate of drug-likeness (QED) is 0.813. The Labute approximate surface area is 113 Å². The maximum Gasteiger partial charge on any atom is 0.124 e. The normalized spacial score (nSPS) is 12.4. The molecule has 0 heterocycles. The number of hydrogen-bond donors (Lipinski definition) is 0. The average molecular weight is 313 g/mol. The van der Waals surface area contributed by atoms with Crippen LogP contribution in [-0.2, 0) is 4.74 Å². The van der Waals surface area contributed by atoms with Crippen molar-refractivity contribution in [3.63, 3.8) is 0 Å². The highest BCUT2D eigenvalue weighted by atomic mass is 79.9. The van der Waals surface area contributed by atoms with E-state index in [2.05, 4.69) is 15.9 Å². The second kappa shape index (κ2) is 5.59. The number of hydrogen-bond acceptors (Lipinski definition) is 1. The molecule has 0 aliphatic carbocycles. The molecular weight excluding hydrogens is 302 g/mol. The van der Waals surface area contributed by atoms with Crippen molar-refractivity contribution >= 4 is 15.9 Å². The molecule has 94 valence electrons. The van der Waals surface area contributed by atoms with E-state index in [0.29, 0.717) is 4.47 Å². The van der Waals surface area contributed by atoms with E-state index in [-0.39, 0.29) is 17.7 Å². The SMILES string of the molecule is CO[C@@H](c1ccc(F)cc1)c1ccc(F)cc1Br. The summed E-state index contributed by atoms with van der Waals surface area (Å²) in [5.74, 6) is -0.619. The average Bonchev–Trinajstić information content (AvgIpc) is 2.35. The molecule has 0 aromatic heterocycles. The zero-order chi connectivity index (χ0) is 13.1. The highest BCUT2D eigenvalue weighted by Gasteiger charge is 2.16. The summed E-state index contributed by atoms with van der Waals surface area (Å²) in [5.41, 5.74) is 1.61. The summed E-state index contributed by atoms with van der Waals surface area (Å²) in [6.45, 7) is 0. The minimum Gasteiger partial charge on any atom is -0.372 e. The van der Waals surface area contributed by atoms with Crippen LogP contribution in [-0.4, -0.2) is 7.11 Å². The molecule has 0 spiro atoms. The topological polar surface area (TPSA) is 9.23 Å². The lowest BCUT2D eigenvalue weighted by Crippen LogP contribution is -2.04. The summed E-state index contributed by atoms with van der Waals surface area (Å²) in [5, 5.41) is 0. The molecule has 0 saturated heterocycles. The van der Waals surface area contributed by atoms with Crippen LogP contribution >= 0.6 is 15.9 Å². The number of benzene rings is 2. The third-order valence-electron chi connectivity index (χ3n) is 2.65. The highest BCUT2D eigenvalue weighted by Crippen LogP contribution is 2.31. The summed E-state index contributed by atoms with van der Waals surface area (Å²) in [6.07, 6.45) is -0.361. The van der Waals surface area contributed by atoms with E-state index in [4.69, 9.17) is 4.74 Å². The van der Waals surface area contributed by atoms with Crippen LogP contribution in [0.5, 0.6) is 0 Å². The Kier molecular flexibility index (Phi) is 4.09. The number of ether oxygens (including phenoxy) is 1. The molecule has 2 aromatic carbocycles. The molecule has 0 aliphatic heterocycles. The van der Waals surface area contributed by atoms with Gasteiger partial charge in [0.2, 0.25) is 0 Å². The van der Waals surface area contributed by atoms with Gasteiger partial charge in [0.1, 0.15) is 17.7 Å². The van der Waals surface area contributed by atoms with Crippen LogP contribution in [0.1, 0.15) is 17.2 Å². The van der Waals surface area contributed by atoms with Crippen LogP contribution in [0.15, 0.2) is 46.9 Å². The molecular formula is C14H11BrF2O. The first-order valence-corrected chi connectivity index (χ1v) is 6.14. The second-order valence-corrected chi connectivity index (χ2v) is 4.69. The molecule has 2 aromatic rings. The van der Waals surface area contributed by atoms with Gasteiger partial charge in [-0.25, -0.2) is 8.78 Å². The standard InChI is InChI=1S/C14H11BrF2O/c1-18-14(9-2-4-10(16)5-3-9)12-7-6-11(17)8-13(12)15/h2-8,14H,1H3/t14-/m0/s1. The molecule has 1 nitrogen and oxygen atoms in total. The van der Waals surface area contributed by atoms with Gasteiger partial charge >= 0.3 is 0 Å². The minimum atomic E-state index is -0.361. The van der Waals surface area contributed by atoms with Gasteiger partial charge < -0.3 is 4.74 Å². The van der Waals surface area contributed by atoms with Crippen LogP contribution in [0.3, 0.4) is 0 Å². The van der Waals surface area contributed by atoms with Crippen molar-refractivity contribution in [2.24, 2.45) is 0 Å². The summed E-state index contributed by atoms with van der Waals surface area (Å²) in [4.78, 5) is 0. The predicted molar refractivity (Wildman–Crippen MR) is 69.4 cm³/mol. The Balaban J connectivity index is 2.41. The van der Waals surface area contributed by atoms with Crippen LogP contribution in [0.2, 0.25) is 0 Å². The van der Waals surface area contributed by atoms with E-state index >= 15 is 0 Å². The molecule has 0 fully saturated rings. The molecule has 0 N–H and O–H groups in total. The first-order chi connectivity index (χ1) is 8.61. The monoisotopic (exact) mass is 312 g/mol. The Hall–Kier alpha value is -1.26. The molecule has 0 amide bonds. The summed E-state index contributed by atoms with van der Waals surface area (Å²) < 4.78 is 32.0. The number of halogens is 3. The fraction of sp³-hybridized carbons (Fsp3) is 0.143. The zero-order valence-electron chi connectivity index (χ0n) is 9.66. The summed E-state index contributed by atoms with van der Waals surface area (Å²) in [7, 11) is 1.56. The predicted octanol–water partition coefficient (Wildman–Crippen LogP) is 4.46. The number of methoxy groups -OCH3 is 1. The van der Waals surface area contributed by atoms with Gasteiger partial charge in [-0.05, 0) is 35.4 Å². The van der Waals surface area contributed by atoms with E-state index in [9.17, 15) is 8.78 Å². The van der Waals surface area contributed by atoms with Crippen molar-refractivity contribution in [2.45, 2.75) is 6.10 Å². The molecule has 4 heteroatoms. The smallest absolute Gasteiger partial charge is 0.124 e. The van der Waals surface area contributed by atoms with Crippen molar-refractivity contribution < 1.29 is 13.5 Å². The van der Waals surface area contributed by atoms with Crippen molar-refractivity contribution in [2.75, 3.05) is 7.11 Å². The van der Waals surface area contributed by atoms with Gasteiger partial charge in [0.25, 0.3) is 0 Å². The first-order valence-electron chi connectivity index (χ1n) is 5.35. The van der Waals surface area contributed by atoms with Gasteiger partial charge in [-0.2, -0.15) is 0 Å². The van der Waals surface area contributed by atoms with Crippen LogP contribution in [0.25, 0.3) is 0 Å². The van der Waals surface area contributed by atoms with Crippen LogP contribution in [0.4, 0.5) is 8.78 Å². The Morgan fingerprint density at radius 2 is 1.61 bits per heavy atom. The van der Waals surface area contributed by atoms with E-state index in [1.165, 1.54) is 24.3 Å². The molecule has 0 aliphatic rings. The van der Waals surface area contributed by atoms with Gasteiger partial charge in [-0.3, -0.25) is 0 Å². The Morgan fingerprint density at radius 3 is 2.17 bits per heavy atom. The fourth-order valence-corrected chi connectivity index (χ4v) is 2.35. The number of rotatable bonds is 3. The van der Waals surface area contributed by atoms with E-state index in [1.807, 2.05) is 0 Å². The van der Waals surface area contributed by atoms with Gasteiger partial charge in [0.05, 0.1) is 0 Å². The lowest BCUT2D eigenvalue weighted by atomic mass is 10.0. The van der Waals surface area contributed by atoms with E-state index < -0.39 is 0 Å². The maximum absolute atomic E-state index is 13.0. The third-order valence-corrected chi connectivity index (χ3v) is 3.34. The first kappa shape index (κ1) is 13.2.